The van der Waals surface area contributed by atoms with E-state index in [4.69, 9.17) is 4.74 Å². The van der Waals surface area contributed by atoms with E-state index in [1.165, 1.54) is 89.9 Å². The number of benzene rings is 1. The monoisotopic (exact) mass is 390 g/mol. The summed E-state index contributed by atoms with van der Waals surface area (Å²) in [5.41, 5.74) is 0.972. The molecule has 1 aromatic rings. The number of methoxy groups -OCH3 is 1. The average molecular weight is 391 g/mol. The first-order chi connectivity index (χ1) is 13.7. The third-order valence-corrected chi connectivity index (χ3v) is 6.05. The van der Waals surface area contributed by atoms with Gasteiger partial charge in [0.1, 0.15) is 11.5 Å². The maximum Gasteiger partial charge on any atom is 0.125 e. The lowest BCUT2D eigenvalue weighted by atomic mass is 9.89. The van der Waals surface area contributed by atoms with Crippen LogP contribution in [-0.4, -0.2) is 12.2 Å². The summed E-state index contributed by atoms with van der Waals surface area (Å²) in [6.07, 6.45) is 21.4. The predicted octanol–water partition coefficient (Wildman–Crippen LogP) is 8.45. The number of rotatable bonds is 18. The van der Waals surface area contributed by atoms with Crippen LogP contribution < -0.4 is 4.74 Å². The van der Waals surface area contributed by atoms with Crippen molar-refractivity contribution < 1.29 is 9.84 Å². The Hall–Kier alpha value is -1.18. The lowest BCUT2D eigenvalue weighted by Gasteiger charge is -2.17. The third kappa shape index (κ3) is 11.0. The molecule has 2 heteroatoms. The Morgan fingerprint density at radius 1 is 0.750 bits per heavy atom. The van der Waals surface area contributed by atoms with E-state index in [-0.39, 0.29) is 0 Å². The lowest BCUT2D eigenvalue weighted by molar-refractivity contribution is 0.368. The summed E-state index contributed by atoms with van der Waals surface area (Å²) in [5, 5.41) is 10.1. The molecule has 0 bridgehead atoms. The Morgan fingerprint density at radius 3 is 1.93 bits per heavy atom. The quantitative estimate of drug-likeness (QED) is 0.255. The van der Waals surface area contributed by atoms with E-state index >= 15 is 0 Å². The number of unbranched alkanes of at least 4 members (excludes halogenated alkanes) is 9. The second kappa shape index (κ2) is 16.7. The number of phenols is 1. The van der Waals surface area contributed by atoms with Crippen molar-refractivity contribution in [1.29, 1.82) is 0 Å². The highest BCUT2D eigenvalue weighted by atomic mass is 16.5. The fraction of sp³-hybridized carbons (Fsp3) is 0.769. The van der Waals surface area contributed by atoms with Crippen LogP contribution in [0.3, 0.4) is 0 Å². The molecule has 162 valence electrons. The maximum atomic E-state index is 10.1. The summed E-state index contributed by atoms with van der Waals surface area (Å²) in [5.74, 6) is 2.10. The zero-order valence-electron chi connectivity index (χ0n) is 19.0. The molecule has 0 amide bonds. The second-order valence-electron chi connectivity index (χ2n) is 8.48. The van der Waals surface area contributed by atoms with Crippen LogP contribution in [0.1, 0.15) is 116 Å². The molecule has 2 nitrogen and oxygen atoms in total. The minimum atomic E-state index is 0.377. The Morgan fingerprint density at radius 2 is 1.29 bits per heavy atom. The van der Waals surface area contributed by atoms with Crippen molar-refractivity contribution in [3.63, 3.8) is 0 Å². The molecule has 1 rings (SSSR count). The van der Waals surface area contributed by atoms with E-state index in [0.29, 0.717) is 5.75 Å². The summed E-state index contributed by atoms with van der Waals surface area (Å²) >= 11 is 0. The van der Waals surface area contributed by atoms with Crippen LogP contribution in [0.4, 0.5) is 0 Å². The summed E-state index contributed by atoms with van der Waals surface area (Å²) in [4.78, 5) is 0. The first-order valence-electron chi connectivity index (χ1n) is 12.1. The molecular formula is C26H46O2. The number of aromatic hydroxyl groups is 1. The molecule has 0 aromatic heterocycles. The molecule has 1 atom stereocenters. The van der Waals surface area contributed by atoms with Crippen molar-refractivity contribution in [2.24, 2.45) is 5.92 Å². The van der Waals surface area contributed by atoms with Gasteiger partial charge in [-0.1, -0.05) is 110 Å². The summed E-state index contributed by atoms with van der Waals surface area (Å²) in [7, 11) is 1.68. The van der Waals surface area contributed by atoms with Gasteiger partial charge in [0, 0.05) is 5.56 Å². The molecular weight excluding hydrogens is 344 g/mol. The first-order valence-corrected chi connectivity index (χ1v) is 12.1. The summed E-state index contributed by atoms with van der Waals surface area (Å²) in [6, 6.07) is 5.57. The smallest absolute Gasteiger partial charge is 0.125 e. The molecule has 1 aromatic carbocycles. The van der Waals surface area contributed by atoms with E-state index in [9.17, 15) is 5.11 Å². The fourth-order valence-electron chi connectivity index (χ4n) is 4.24. The summed E-state index contributed by atoms with van der Waals surface area (Å²) in [6.45, 7) is 4.58. The van der Waals surface area contributed by atoms with Crippen molar-refractivity contribution in [2.75, 3.05) is 7.11 Å². The van der Waals surface area contributed by atoms with Crippen LogP contribution >= 0.6 is 0 Å². The van der Waals surface area contributed by atoms with E-state index in [1.807, 2.05) is 12.1 Å². The van der Waals surface area contributed by atoms with Gasteiger partial charge < -0.3 is 9.84 Å². The number of hydrogen-bond donors (Lipinski definition) is 1. The Kier molecular flexibility index (Phi) is 14.9. The molecule has 28 heavy (non-hydrogen) atoms. The largest absolute Gasteiger partial charge is 0.508 e. The second-order valence-corrected chi connectivity index (χ2v) is 8.48. The van der Waals surface area contributed by atoms with E-state index in [0.717, 1.165) is 30.1 Å². The van der Waals surface area contributed by atoms with Gasteiger partial charge in [-0.05, 0) is 30.9 Å². The average Bonchev–Trinajstić information content (AvgIpc) is 2.70. The number of phenolic OH excluding ortho intramolecular Hbond substituents is 1. The standard InChI is InChI=1S/C26H46O2/c1-4-6-8-9-10-11-13-18-23(17-12-7-5-2)19-14-15-20-24-25(27)21-16-22-26(24)28-3/h16,21-23,27H,4-15,17-20H2,1-3H3. The molecule has 0 radical (unpaired) electrons. The van der Waals surface area contributed by atoms with Gasteiger partial charge in [-0.15, -0.1) is 0 Å². The van der Waals surface area contributed by atoms with Crippen molar-refractivity contribution in [3.8, 4) is 11.5 Å². The topological polar surface area (TPSA) is 29.5 Å². The normalized spacial score (nSPS) is 12.2. The Balaban J connectivity index is 2.30. The minimum Gasteiger partial charge on any atom is -0.508 e. The SMILES string of the molecule is CCCCCCCCCC(CCCCC)CCCCc1c(O)cccc1OC. The van der Waals surface area contributed by atoms with Crippen molar-refractivity contribution in [3.05, 3.63) is 23.8 Å². The molecule has 0 saturated carbocycles. The highest BCUT2D eigenvalue weighted by Crippen LogP contribution is 2.30. The van der Waals surface area contributed by atoms with Crippen LogP contribution in [0.15, 0.2) is 18.2 Å². The van der Waals surface area contributed by atoms with Gasteiger partial charge in [-0.3, -0.25) is 0 Å². The highest BCUT2D eigenvalue weighted by molar-refractivity contribution is 5.43. The van der Waals surface area contributed by atoms with Crippen LogP contribution in [0.5, 0.6) is 11.5 Å². The Bertz CT molecular complexity index is 483. The molecule has 0 spiro atoms. The lowest BCUT2D eigenvalue weighted by Crippen LogP contribution is -2.02. The molecule has 1 N–H and O–H groups in total. The zero-order chi connectivity index (χ0) is 20.5. The molecule has 0 aliphatic carbocycles. The van der Waals surface area contributed by atoms with Crippen LogP contribution in [0.2, 0.25) is 0 Å². The van der Waals surface area contributed by atoms with Gasteiger partial charge >= 0.3 is 0 Å². The van der Waals surface area contributed by atoms with E-state index < -0.39 is 0 Å². The molecule has 1 unspecified atom stereocenters. The molecule has 0 heterocycles. The zero-order valence-corrected chi connectivity index (χ0v) is 19.0. The number of ether oxygens (including phenoxy) is 1. The Labute approximate surface area is 175 Å². The van der Waals surface area contributed by atoms with E-state index in [2.05, 4.69) is 13.8 Å². The van der Waals surface area contributed by atoms with Gasteiger partial charge in [0.15, 0.2) is 0 Å². The molecule has 0 aliphatic rings. The molecule has 0 saturated heterocycles. The summed E-state index contributed by atoms with van der Waals surface area (Å²) < 4.78 is 5.41. The third-order valence-electron chi connectivity index (χ3n) is 6.05. The van der Waals surface area contributed by atoms with Crippen LogP contribution in [0, 0.1) is 5.92 Å². The fourth-order valence-corrected chi connectivity index (χ4v) is 4.24. The highest BCUT2D eigenvalue weighted by Gasteiger charge is 2.11. The van der Waals surface area contributed by atoms with Crippen LogP contribution in [0.25, 0.3) is 0 Å². The van der Waals surface area contributed by atoms with Crippen LogP contribution in [-0.2, 0) is 6.42 Å². The van der Waals surface area contributed by atoms with Gasteiger partial charge in [-0.2, -0.15) is 0 Å². The van der Waals surface area contributed by atoms with Crippen molar-refractivity contribution in [2.45, 2.75) is 117 Å². The van der Waals surface area contributed by atoms with Gasteiger partial charge in [0.25, 0.3) is 0 Å². The van der Waals surface area contributed by atoms with E-state index in [1.54, 1.807) is 13.2 Å². The molecule has 0 aliphatic heterocycles. The number of hydrogen-bond acceptors (Lipinski definition) is 2. The molecule has 0 fully saturated rings. The first kappa shape index (κ1) is 24.9. The van der Waals surface area contributed by atoms with Gasteiger partial charge in [0.2, 0.25) is 0 Å². The predicted molar refractivity (Wildman–Crippen MR) is 122 cm³/mol. The van der Waals surface area contributed by atoms with Crippen molar-refractivity contribution >= 4 is 0 Å². The maximum absolute atomic E-state index is 10.1. The van der Waals surface area contributed by atoms with Gasteiger partial charge in [-0.25, -0.2) is 0 Å². The minimum absolute atomic E-state index is 0.377. The van der Waals surface area contributed by atoms with Gasteiger partial charge in [0.05, 0.1) is 7.11 Å². The van der Waals surface area contributed by atoms with Crippen molar-refractivity contribution in [1.82, 2.24) is 0 Å².